The number of hydrogen-bond donors (Lipinski definition) is 2. The lowest BCUT2D eigenvalue weighted by Gasteiger charge is -2.10. The van der Waals surface area contributed by atoms with Crippen LogP contribution in [0.15, 0.2) is 30.7 Å². The third kappa shape index (κ3) is 4.05. The fourth-order valence-electron chi connectivity index (χ4n) is 2.12. The van der Waals surface area contributed by atoms with Crippen LogP contribution in [-0.2, 0) is 6.54 Å². The van der Waals surface area contributed by atoms with Gasteiger partial charge in [-0.2, -0.15) is 0 Å². The zero-order valence-corrected chi connectivity index (χ0v) is 12.4. The number of nitrogens with one attached hydrogen (secondary N) is 1. The molecule has 0 atom stereocenters. The van der Waals surface area contributed by atoms with Gasteiger partial charge in [0.2, 0.25) is 0 Å². The molecule has 0 aromatic carbocycles. The summed E-state index contributed by atoms with van der Waals surface area (Å²) in [6.07, 6.45) is 6.15. The predicted octanol–water partition coefficient (Wildman–Crippen LogP) is 1.80. The molecule has 0 saturated heterocycles. The van der Waals surface area contributed by atoms with Gasteiger partial charge in [-0.3, -0.25) is 9.78 Å². The summed E-state index contributed by atoms with van der Waals surface area (Å²) in [5, 5.41) is 2.85. The predicted molar refractivity (Wildman–Crippen MR) is 81.9 cm³/mol. The molecule has 1 amide bonds. The third-order valence-corrected chi connectivity index (χ3v) is 3.14. The molecule has 0 saturated carbocycles. The molecule has 2 aromatic heterocycles. The number of anilines is 1. The molecule has 0 bridgehead atoms. The monoisotopic (exact) mass is 287 g/mol. The lowest BCUT2D eigenvalue weighted by molar-refractivity contribution is 0.0948. The molecule has 0 unspecified atom stereocenters. The quantitative estimate of drug-likeness (QED) is 0.793. The molecule has 6 nitrogen and oxygen atoms in total. The van der Waals surface area contributed by atoms with Crippen LogP contribution in [0.4, 0.5) is 5.69 Å². The Labute approximate surface area is 124 Å². The van der Waals surface area contributed by atoms with Gasteiger partial charge in [0.1, 0.15) is 11.5 Å². The van der Waals surface area contributed by atoms with Gasteiger partial charge in [-0.1, -0.05) is 13.8 Å². The number of rotatable bonds is 6. The molecular formula is C15H21N5O. The largest absolute Gasteiger partial charge is 0.399 e. The molecule has 2 rings (SSSR count). The first-order chi connectivity index (χ1) is 10.1. The lowest BCUT2D eigenvalue weighted by atomic mass is 10.2. The zero-order chi connectivity index (χ0) is 15.2. The first kappa shape index (κ1) is 15.0. The summed E-state index contributed by atoms with van der Waals surface area (Å²) in [4.78, 5) is 20.2. The van der Waals surface area contributed by atoms with E-state index in [4.69, 9.17) is 5.73 Å². The van der Waals surface area contributed by atoms with E-state index < -0.39 is 0 Å². The van der Waals surface area contributed by atoms with Crippen LogP contribution < -0.4 is 11.1 Å². The van der Waals surface area contributed by atoms with Gasteiger partial charge in [0.15, 0.2) is 0 Å². The van der Waals surface area contributed by atoms with Gasteiger partial charge < -0.3 is 15.6 Å². The highest BCUT2D eigenvalue weighted by Crippen LogP contribution is 2.11. The van der Waals surface area contributed by atoms with Crippen LogP contribution in [0.2, 0.25) is 0 Å². The molecule has 0 aliphatic rings. The maximum absolute atomic E-state index is 11.9. The number of carbonyl (C=O) groups excluding carboxylic acids is 1. The van der Waals surface area contributed by atoms with E-state index >= 15 is 0 Å². The minimum Gasteiger partial charge on any atom is -0.399 e. The maximum Gasteiger partial charge on any atom is 0.269 e. The number of carbonyl (C=O) groups is 1. The second kappa shape index (κ2) is 6.88. The van der Waals surface area contributed by atoms with E-state index in [2.05, 4.69) is 33.7 Å². The number of aromatic nitrogens is 3. The Balaban J connectivity index is 1.79. The number of nitrogens with zero attached hydrogens (tertiary/aromatic N) is 3. The molecule has 21 heavy (non-hydrogen) atoms. The lowest BCUT2D eigenvalue weighted by Crippen LogP contribution is -2.26. The fourth-order valence-corrected chi connectivity index (χ4v) is 2.12. The first-order valence-electron chi connectivity index (χ1n) is 7.08. The van der Waals surface area contributed by atoms with Crippen molar-refractivity contribution in [3.8, 4) is 0 Å². The van der Waals surface area contributed by atoms with Crippen LogP contribution in [0.1, 0.15) is 42.5 Å². The van der Waals surface area contributed by atoms with Crippen LogP contribution in [0.3, 0.4) is 0 Å². The summed E-state index contributed by atoms with van der Waals surface area (Å²) in [5.41, 5.74) is 6.51. The zero-order valence-electron chi connectivity index (χ0n) is 12.4. The molecule has 0 fully saturated rings. The van der Waals surface area contributed by atoms with Crippen molar-refractivity contribution in [3.63, 3.8) is 0 Å². The second-order valence-corrected chi connectivity index (χ2v) is 5.22. The number of amides is 1. The van der Waals surface area contributed by atoms with Crippen LogP contribution in [0.25, 0.3) is 0 Å². The Morgan fingerprint density at radius 3 is 2.90 bits per heavy atom. The van der Waals surface area contributed by atoms with Gasteiger partial charge in [-0.25, -0.2) is 4.98 Å². The van der Waals surface area contributed by atoms with Gasteiger partial charge in [0, 0.05) is 43.3 Å². The number of pyridine rings is 1. The number of nitrogen functional groups attached to an aromatic ring is 1. The van der Waals surface area contributed by atoms with Crippen molar-refractivity contribution in [2.24, 2.45) is 0 Å². The van der Waals surface area contributed by atoms with Crippen LogP contribution in [0.5, 0.6) is 0 Å². The normalized spacial score (nSPS) is 10.8. The minimum atomic E-state index is -0.197. The van der Waals surface area contributed by atoms with E-state index in [9.17, 15) is 4.79 Å². The Hall–Kier alpha value is -2.37. The second-order valence-electron chi connectivity index (χ2n) is 5.22. The van der Waals surface area contributed by atoms with Crippen molar-refractivity contribution in [2.45, 2.75) is 32.7 Å². The Bertz CT molecular complexity index is 606. The molecule has 6 heteroatoms. The minimum absolute atomic E-state index is 0.197. The Morgan fingerprint density at radius 1 is 1.38 bits per heavy atom. The average molecular weight is 287 g/mol. The summed E-state index contributed by atoms with van der Waals surface area (Å²) < 4.78 is 2.12. The molecule has 0 spiro atoms. The summed E-state index contributed by atoms with van der Waals surface area (Å²) in [7, 11) is 0. The summed E-state index contributed by atoms with van der Waals surface area (Å²) in [6.45, 7) is 5.65. The average Bonchev–Trinajstić information content (AvgIpc) is 2.92. The van der Waals surface area contributed by atoms with E-state index in [1.807, 2.05) is 12.4 Å². The number of imidazole rings is 1. The third-order valence-electron chi connectivity index (χ3n) is 3.14. The van der Waals surface area contributed by atoms with Crippen molar-refractivity contribution in [1.82, 2.24) is 19.9 Å². The van der Waals surface area contributed by atoms with E-state index in [-0.39, 0.29) is 5.91 Å². The molecule has 3 N–H and O–H groups in total. The maximum atomic E-state index is 11.9. The van der Waals surface area contributed by atoms with Crippen molar-refractivity contribution in [1.29, 1.82) is 0 Å². The van der Waals surface area contributed by atoms with E-state index in [1.54, 1.807) is 12.1 Å². The highest BCUT2D eigenvalue weighted by atomic mass is 16.1. The van der Waals surface area contributed by atoms with Crippen molar-refractivity contribution in [3.05, 3.63) is 42.2 Å². The van der Waals surface area contributed by atoms with Crippen molar-refractivity contribution < 1.29 is 4.79 Å². The molecular weight excluding hydrogens is 266 g/mol. The van der Waals surface area contributed by atoms with Crippen LogP contribution >= 0.6 is 0 Å². The first-order valence-corrected chi connectivity index (χ1v) is 7.08. The standard InChI is InChI=1S/C15H21N5O/c1-11(2)14-18-7-9-20(14)8-3-5-19-15(21)13-10-12(16)4-6-17-13/h4,6-7,9-11H,3,5,8H2,1-2H3,(H2,16,17)(H,19,21). The molecule has 0 aliphatic carbocycles. The Morgan fingerprint density at radius 2 is 2.19 bits per heavy atom. The highest BCUT2D eigenvalue weighted by molar-refractivity contribution is 5.92. The van der Waals surface area contributed by atoms with Crippen LogP contribution in [0, 0.1) is 0 Å². The van der Waals surface area contributed by atoms with Crippen LogP contribution in [-0.4, -0.2) is 27.0 Å². The summed E-state index contributed by atoms with van der Waals surface area (Å²) >= 11 is 0. The molecule has 2 aromatic rings. The molecule has 112 valence electrons. The molecule has 0 aliphatic heterocycles. The van der Waals surface area contributed by atoms with Gasteiger partial charge in [0.05, 0.1) is 0 Å². The van der Waals surface area contributed by atoms with Gasteiger partial charge in [-0.05, 0) is 18.6 Å². The van der Waals surface area contributed by atoms with E-state index in [1.165, 1.54) is 6.20 Å². The Kier molecular flexibility index (Phi) is 4.92. The van der Waals surface area contributed by atoms with Gasteiger partial charge in [-0.15, -0.1) is 0 Å². The smallest absolute Gasteiger partial charge is 0.269 e. The van der Waals surface area contributed by atoms with Crippen molar-refractivity contribution >= 4 is 11.6 Å². The SMILES string of the molecule is CC(C)c1nccn1CCCNC(=O)c1cc(N)ccn1. The topological polar surface area (TPSA) is 85.8 Å². The summed E-state index contributed by atoms with van der Waals surface area (Å²) in [6, 6.07) is 3.23. The number of nitrogens with two attached hydrogens (primary N) is 1. The molecule has 0 radical (unpaired) electrons. The van der Waals surface area contributed by atoms with E-state index in [0.29, 0.717) is 23.8 Å². The number of hydrogen-bond acceptors (Lipinski definition) is 4. The summed E-state index contributed by atoms with van der Waals surface area (Å²) in [5.74, 6) is 1.27. The van der Waals surface area contributed by atoms with Gasteiger partial charge in [0.25, 0.3) is 5.91 Å². The van der Waals surface area contributed by atoms with Gasteiger partial charge >= 0.3 is 0 Å². The van der Waals surface area contributed by atoms with E-state index in [0.717, 1.165) is 18.8 Å². The highest BCUT2D eigenvalue weighted by Gasteiger charge is 2.08. The molecule has 2 heterocycles. The number of aryl methyl sites for hydroxylation is 1. The van der Waals surface area contributed by atoms with Crippen molar-refractivity contribution in [2.75, 3.05) is 12.3 Å². The fraction of sp³-hybridized carbons (Fsp3) is 0.400.